The van der Waals surface area contributed by atoms with Crippen LogP contribution in [-0.4, -0.2) is 41.3 Å². The van der Waals surface area contributed by atoms with E-state index in [0.717, 1.165) is 10.9 Å². The van der Waals surface area contributed by atoms with Crippen molar-refractivity contribution in [2.24, 2.45) is 0 Å². The second-order valence-corrected chi connectivity index (χ2v) is 4.66. The van der Waals surface area contributed by atoms with Crippen LogP contribution in [0.5, 0.6) is 0 Å². The van der Waals surface area contributed by atoms with Crippen LogP contribution < -0.4 is 5.32 Å². The Bertz CT molecular complexity index is 599. The highest BCUT2D eigenvalue weighted by Gasteiger charge is 2.20. The number of nitrogens with zero attached hydrogens (tertiary/aromatic N) is 1. The van der Waals surface area contributed by atoms with Gasteiger partial charge in [-0.1, -0.05) is 18.2 Å². The molecule has 5 heteroatoms. The van der Waals surface area contributed by atoms with Crippen LogP contribution >= 0.6 is 0 Å². The Hall–Kier alpha value is -2.30. The zero-order valence-electron chi connectivity index (χ0n) is 10.5. The van der Waals surface area contributed by atoms with E-state index in [4.69, 9.17) is 0 Å². The van der Waals surface area contributed by atoms with Gasteiger partial charge in [0.1, 0.15) is 5.69 Å². The van der Waals surface area contributed by atoms with Gasteiger partial charge in [0.05, 0.1) is 0 Å². The molecule has 5 nitrogen and oxygen atoms in total. The second kappa shape index (κ2) is 4.76. The highest BCUT2D eigenvalue weighted by Crippen LogP contribution is 2.16. The lowest BCUT2D eigenvalue weighted by molar-refractivity contribution is -0.120. The Morgan fingerprint density at radius 2 is 2.05 bits per heavy atom. The van der Waals surface area contributed by atoms with Gasteiger partial charge in [0.15, 0.2) is 0 Å². The topological polar surface area (TPSA) is 65.2 Å². The van der Waals surface area contributed by atoms with Gasteiger partial charge in [0.2, 0.25) is 5.91 Å². The average Bonchev–Trinajstić information content (AvgIpc) is 2.74. The number of fused-ring (bicyclic) bond motifs is 1. The Labute approximate surface area is 110 Å². The Balaban J connectivity index is 1.84. The molecule has 0 saturated carbocycles. The van der Waals surface area contributed by atoms with Crippen LogP contribution in [0.2, 0.25) is 0 Å². The third-order valence-electron chi connectivity index (χ3n) is 3.36. The molecule has 1 aromatic carbocycles. The van der Waals surface area contributed by atoms with E-state index in [-0.39, 0.29) is 11.8 Å². The summed E-state index contributed by atoms with van der Waals surface area (Å²) in [5.74, 6) is -0.0420. The van der Waals surface area contributed by atoms with Crippen LogP contribution in [0.15, 0.2) is 30.3 Å². The van der Waals surface area contributed by atoms with Gasteiger partial charge in [0, 0.05) is 37.0 Å². The lowest BCUT2D eigenvalue weighted by Gasteiger charge is -2.18. The van der Waals surface area contributed by atoms with Gasteiger partial charge in [-0.25, -0.2) is 0 Å². The summed E-state index contributed by atoms with van der Waals surface area (Å²) in [6, 6.07) is 9.65. The monoisotopic (exact) mass is 257 g/mol. The number of benzene rings is 1. The molecule has 0 radical (unpaired) electrons. The average molecular weight is 257 g/mol. The zero-order valence-corrected chi connectivity index (χ0v) is 10.5. The summed E-state index contributed by atoms with van der Waals surface area (Å²) >= 11 is 0. The van der Waals surface area contributed by atoms with Gasteiger partial charge in [-0.05, 0) is 12.1 Å². The van der Waals surface area contributed by atoms with E-state index in [0.29, 0.717) is 31.7 Å². The molecule has 3 rings (SSSR count). The first-order valence-electron chi connectivity index (χ1n) is 6.38. The molecule has 0 atom stereocenters. The molecular formula is C14H15N3O2. The number of nitrogens with one attached hydrogen (secondary N) is 2. The predicted molar refractivity (Wildman–Crippen MR) is 71.8 cm³/mol. The largest absolute Gasteiger partial charge is 0.354 e. The van der Waals surface area contributed by atoms with Gasteiger partial charge in [-0.2, -0.15) is 0 Å². The number of H-pyrrole nitrogens is 1. The molecule has 19 heavy (non-hydrogen) atoms. The van der Waals surface area contributed by atoms with E-state index in [1.807, 2.05) is 30.3 Å². The van der Waals surface area contributed by atoms with Crippen molar-refractivity contribution in [3.8, 4) is 0 Å². The fourth-order valence-corrected chi connectivity index (χ4v) is 2.33. The van der Waals surface area contributed by atoms with Crippen molar-refractivity contribution in [3.05, 3.63) is 36.0 Å². The van der Waals surface area contributed by atoms with Crippen LogP contribution in [0.4, 0.5) is 0 Å². The molecule has 0 spiro atoms. The summed E-state index contributed by atoms with van der Waals surface area (Å²) in [4.78, 5) is 28.5. The minimum atomic E-state index is -0.0484. The number of amides is 2. The van der Waals surface area contributed by atoms with Gasteiger partial charge in [-0.3, -0.25) is 9.59 Å². The summed E-state index contributed by atoms with van der Waals surface area (Å²) in [5, 5.41) is 3.79. The molecule has 98 valence electrons. The number of hydrogen-bond acceptors (Lipinski definition) is 2. The minimum Gasteiger partial charge on any atom is -0.354 e. The third-order valence-corrected chi connectivity index (χ3v) is 3.36. The normalized spacial score (nSPS) is 16.2. The fourth-order valence-electron chi connectivity index (χ4n) is 2.33. The van der Waals surface area contributed by atoms with Crippen molar-refractivity contribution in [3.63, 3.8) is 0 Å². The molecule has 1 aliphatic heterocycles. The molecule has 0 bridgehead atoms. The van der Waals surface area contributed by atoms with Crippen molar-refractivity contribution in [2.75, 3.05) is 19.6 Å². The number of rotatable bonds is 1. The van der Waals surface area contributed by atoms with E-state index >= 15 is 0 Å². The third kappa shape index (κ3) is 2.31. The highest BCUT2D eigenvalue weighted by molar-refractivity contribution is 5.98. The lowest BCUT2D eigenvalue weighted by Crippen LogP contribution is -2.34. The van der Waals surface area contributed by atoms with E-state index in [2.05, 4.69) is 10.3 Å². The maximum absolute atomic E-state index is 12.4. The van der Waals surface area contributed by atoms with Crippen LogP contribution in [0.25, 0.3) is 10.9 Å². The number of aromatic nitrogens is 1. The van der Waals surface area contributed by atoms with E-state index in [1.54, 1.807) is 4.90 Å². The first kappa shape index (κ1) is 11.8. The quantitative estimate of drug-likeness (QED) is 0.804. The van der Waals surface area contributed by atoms with E-state index in [1.165, 1.54) is 0 Å². The summed E-state index contributed by atoms with van der Waals surface area (Å²) in [5.41, 5.74) is 1.53. The molecule has 1 fully saturated rings. The number of carbonyl (C=O) groups excluding carboxylic acids is 2. The first-order valence-corrected chi connectivity index (χ1v) is 6.38. The Kier molecular flexibility index (Phi) is 2.95. The molecule has 0 unspecified atom stereocenters. The first-order chi connectivity index (χ1) is 9.24. The standard InChI is InChI=1S/C14H15N3O2/c18-13-5-7-17(8-6-15-13)14(19)12-9-10-3-1-2-4-11(10)16-12/h1-4,9,16H,5-8H2,(H,15,18). The molecule has 2 amide bonds. The summed E-state index contributed by atoms with van der Waals surface area (Å²) in [7, 11) is 0. The molecule has 2 heterocycles. The number of carbonyl (C=O) groups is 2. The zero-order chi connectivity index (χ0) is 13.2. The predicted octanol–water partition coefficient (Wildman–Crippen LogP) is 1.13. The van der Waals surface area contributed by atoms with Gasteiger partial charge in [0.25, 0.3) is 5.91 Å². The Morgan fingerprint density at radius 1 is 1.21 bits per heavy atom. The summed E-state index contributed by atoms with van der Waals surface area (Å²) in [6.45, 7) is 1.55. The van der Waals surface area contributed by atoms with E-state index < -0.39 is 0 Å². The van der Waals surface area contributed by atoms with Gasteiger partial charge >= 0.3 is 0 Å². The smallest absolute Gasteiger partial charge is 0.270 e. The maximum atomic E-state index is 12.4. The van der Waals surface area contributed by atoms with Crippen molar-refractivity contribution < 1.29 is 9.59 Å². The van der Waals surface area contributed by atoms with Crippen molar-refractivity contribution in [2.45, 2.75) is 6.42 Å². The van der Waals surface area contributed by atoms with Crippen LogP contribution in [0, 0.1) is 0 Å². The minimum absolute atomic E-state index is 0.00643. The molecule has 0 aliphatic carbocycles. The second-order valence-electron chi connectivity index (χ2n) is 4.66. The molecule has 2 aromatic rings. The van der Waals surface area contributed by atoms with Crippen molar-refractivity contribution >= 4 is 22.7 Å². The highest BCUT2D eigenvalue weighted by atomic mass is 16.2. The molecule has 2 N–H and O–H groups in total. The number of para-hydroxylation sites is 1. The Morgan fingerprint density at radius 3 is 2.89 bits per heavy atom. The van der Waals surface area contributed by atoms with Crippen LogP contribution in [0.3, 0.4) is 0 Å². The lowest BCUT2D eigenvalue weighted by atomic mass is 10.2. The van der Waals surface area contributed by atoms with Crippen LogP contribution in [0.1, 0.15) is 16.9 Å². The molecule has 1 aliphatic rings. The molecular weight excluding hydrogens is 242 g/mol. The SMILES string of the molecule is O=C1CCN(C(=O)c2cc3ccccc3[nH]2)CCN1. The van der Waals surface area contributed by atoms with Gasteiger partial charge < -0.3 is 15.2 Å². The number of hydrogen-bond donors (Lipinski definition) is 2. The van der Waals surface area contributed by atoms with Crippen molar-refractivity contribution in [1.82, 2.24) is 15.2 Å². The van der Waals surface area contributed by atoms with Crippen molar-refractivity contribution in [1.29, 1.82) is 0 Å². The maximum Gasteiger partial charge on any atom is 0.270 e. The summed E-state index contributed by atoms with van der Waals surface area (Å²) < 4.78 is 0. The van der Waals surface area contributed by atoms with Crippen LogP contribution in [-0.2, 0) is 4.79 Å². The van der Waals surface area contributed by atoms with Gasteiger partial charge in [-0.15, -0.1) is 0 Å². The fraction of sp³-hybridized carbons (Fsp3) is 0.286. The molecule has 1 aromatic heterocycles. The molecule has 1 saturated heterocycles. The van der Waals surface area contributed by atoms with E-state index in [9.17, 15) is 9.59 Å². The summed E-state index contributed by atoms with van der Waals surface area (Å²) in [6.07, 6.45) is 0.367. The number of aromatic amines is 1.